The minimum absolute atomic E-state index is 0.625. The summed E-state index contributed by atoms with van der Waals surface area (Å²) in [5.74, 6) is -0.640. The summed E-state index contributed by atoms with van der Waals surface area (Å²) < 4.78 is 11.5. The van der Waals surface area contributed by atoms with Crippen molar-refractivity contribution in [2.24, 2.45) is 0 Å². The molecule has 2 aromatic carbocycles. The first-order valence-electron chi connectivity index (χ1n) is 6.44. The summed E-state index contributed by atoms with van der Waals surface area (Å²) in [6.07, 6.45) is 0. The molecule has 1 fully saturated rings. The number of benzene rings is 2. The van der Waals surface area contributed by atoms with E-state index in [2.05, 4.69) is 40.2 Å². The molecule has 0 atom stereocenters. The Morgan fingerprint density at radius 2 is 1.40 bits per heavy atom. The van der Waals surface area contributed by atoms with Gasteiger partial charge in [0.1, 0.15) is 0 Å². The van der Waals surface area contributed by atoms with Crippen molar-refractivity contribution in [2.45, 2.75) is 5.79 Å². The highest BCUT2D eigenvalue weighted by molar-refractivity contribution is 9.09. The minimum atomic E-state index is -0.640. The fraction of sp³-hybridized carbons (Fsp3) is 0.250. The summed E-state index contributed by atoms with van der Waals surface area (Å²) >= 11 is 9.39. The summed E-state index contributed by atoms with van der Waals surface area (Å²) in [6, 6.07) is 16.1. The Hall–Kier alpha value is -0.870. The predicted molar refractivity (Wildman–Crippen MR) is 84.3 cm³/mol. The van der Waals surface area contributed by atoms with Gasteiger partial charge in [-0.1, -0.05) is 63.9 Å². The second-order valence-electron chi connectivity index (χ2n) is 4.67. The van der Waals surface area contributed by atoms with Gasteiger partial charge in [0.05, 0.1) is 18.5 Å². The van der Waals surface area contributed by atoms with Crippen molar-refractivity contribution in [1.82, 2.24) is 0 Å². The van der Waals surface area contributed by atoms with Crippen LogP contribution in [0.3, 0.4) is 0 Å². The first-order valence-corrected chi connectivity index (χ1v) is 7.94. The van der Waals surface area contributed by atoms with Crippen LogP contribution in [0.15, 0.2) is 48.5 Å². The molecular formula is C16H14BrClO2. The minimum Gasteiger partial charge on any atom is -0.343 e. The summed E-state index contributed by atoms with van der Waals surface area (Å²) in [5, 5.41) is 1.37. The Morgan fingerprint density at radius 3 is 1.90 bits per heavy atom. The van der Waals surface area contributed by atoms with Crippen molar-refractivity contribution in [3.8, 4) is 11.1 Å². The van der Waals surface area contributed by atoms with Gasteiger partial charge in [0.15, 0.2) is 0 Å². The van der Waals surface area contributed by atoms with Crippen LogP contribution in [0.1, 0.15) is 5.56 Å². The van der Waals surface area contributed by atoms with E-state index in [9.17, 15) is 0 Å². The third kappa shape index (κ3) is 2.63. The van der Waals surface area contributed by atoms with E-state index in [1.54, 1.807) is 0 Å². The van der Waals surface area contributed by atoms with Crippen LogP contribution in [0.4, 0.5) is 0 Å². The normalized spacial score (nSPS) is 17.3. The molecule has 1 saturated heterocycles. The van der Waals surface area contributed by atoms with E-state index >= 15 is 0 Å². The van der Waals surface area contributed by atoms with Crippen LogP contribution >= 0.6 is 27.5 Å². The zero-order valence-corrected chi connectivity index (χ0v) is 13.2. The number of halogens is 2. The molecule has 0 aromatic heterocycles. The lowest BCUT2D eigenvalue weighted by molar-refractivity contribution is -0.144. The molecule has 3 rings (SSSR count). The van der Waals surface area contributed by atoms with E-state index in [1.165, 1.54) is 0 Å². The van der Waals surface area contributed by atoms with Gasteiger partial charge in [0.2, 0.25) is 5.79 Å². The summed E-state index contributed by atoms with van der Waals surface area (Å²) in [7, 11) is 0. The van der Waals surface area contributed by atoms with E-state index in [0.717, 1.165) is 21.7 Å². The van der Waals surface area contributed by atoms with Gasteiger partial charge in [0, 0.05) is 10.6 Å². The van der Waals surface area contributed by atoms with Crippen molar-refractivity contribution in [1.29, 1.82) is 0 Å². The molecule has 0 N–H and O–H groups in total. The highest BCUT2D eigenvalue weighted by Gasteiger charge is 2.37. The topological polar surface area (TPSA) is 18.5 Å². The largest absolute Gasteiger partial charge is 0.343 e. The van der Waals surface area contributed by atoms with Gasteiger partial charge in [0.25, 0.3) is 0 Å². The van der Waals surface area contributed by atoms with Crippen molar-refractivity contribution in [3.05, 3.63) is 59.1 Å². The molecule has 2 nitrogen and oxygen atoms in total. The Labute approximate surface area is 131 Å². The molecule has 0 spiro atoms. The average Bonchev–Trinajstić information content (AvgIpc) is 2.98. The first kappa shape index (κ1) is 14.1. The van der Waals surface area contributed by atoms with E-state index in [0.29, 0.717) is 18.5 Å². The number of rotatable bonds is 3. The molecule has 0 amide bonds. The van der Waals surface area contributed by atoms with Crippen molar-refractivity contribution in [3.63, 3.8) is 0 Å². The van der Waals surface area contributed by atoms with E-state index in [4.69, 9.17) is 21.1 Å². The maximum Gasteiger partial charge on any atom is 0.204 e. The van der Waals surface area contributed by atoms with Gasteiger partial charge >= 0.3 is 0 Å². The SMILES string of the molecule is Clc1ccc(-c2ccc(C3(CBr)OCCO3)cc2)cc1. The summed E-state index contributed by atoms with van der Waals surface area (Å²) in [4.78, 5) is 0. The third-order valence-electron chi connectivity index (χ3n) is 3.43. The van der Waals surface area contributed by atoms with Crippen molar-refractivity contribution >= 4 is 27.5 Å². The number of ether oxygens (including phenoxy) is 2. The van der Waals surface area contributed by atoms with Gasteiger partial charge in [-0.15, -0.1) is 0 Å². The number of hydrogen-bond acceptors (Lipinski definition) is 2. The Kier molecular flexibility index (Phi) is 4.13. The molecule has 1 aliphatic rings. The van der Waals surface area contributed by atoms with Crippen LogP contribution in [0.25, 0.3) is 11.1 Å². The quantitative estimate of drug-likeness (QED) is 0.751. The molecule has 0 saturated carbocycles. The average molecular weight is 354 g/mol. The standard InChI is InChI=1S/C16H14BrClO2/c17-11-16(19-9-10-20-16)14-5-1-12(2-6-14)13-3-7-15(18)8-4-13/h1-8H,9-11H2. The van der Waals surface area contributed by atoms with Gasteiger partial charge in [-0.3, -0.25) is 0 Å². The van der Waals surface area contributed by atoms with Gasteiger partial charge in [-0.25, -0.2) is 0 Å². The van der Waals surface area contributed by atoms with Crippen LogP contribution in [0, 0.1) is 0 Å². The van der Waals surface area contributed by atoms with Crippen molar-refractivity contribution in [2.75, 3.05) is 18.5 Å². The summed E-state index contributed by atoms with van der Waals surface area (Å²) in [6.45, 7) is 1.26. The zero-order chi connectivity index (χ0) is 14.0. The Bertz CT molecular complexity index is 574. The molecular weight excluding hydrogens is 340 g/mol. The highest BCUT2D eigenvalue weighted by Crippen LogP contribution is 2.34. The molecule has 104 valence electrons. The van der Waals surface area contributed by atoms with Crippen LogP contribution in [-0.4, -0.2) is 18.5 Å². The molecule has 0 unspecified atom stereocenters. The molecule has 0 radical (unpaired) electrons. The maximum absolute atomic E-state index is 5.91. The zero-order valence-electron chi connectivity index (χ0n) is 10.8. The molecule has 2 aromatic rings. The molecule has 4 heteroatoms. The predicted octanol–water partition coefficient (Wildman–Crippen LogP) is 4.60. The van der Waals surface area contributed by atoms with Crippen LogP contribution in [0.5, 0.6) is 0 Å². The van der Waals surface area contributed by atoms with Crippen molar-refractivity contribution < 1.29 is 9.47 Å². The maximum atomic E-state index is 5.91. The van der Waals surface area contributed by atoms with Gasteiger partial charge in [-0.2, -0.15) is 0 Å². The fourth-order valence-corrected chi connectivity index (χ4v) is 3.11. The van der Waals surface area contributed by atoms with E-state index in [-0.39, 0.29) is 0 Å². The third-order valence-corrected chi connectivity index (χ3v) is 4.42. The molecule has 0 bridgehead atoms. The van der Waals surface area contributed by atoms with Gasteiger partial charge < -0.3 is 9.47 Å². The monoisotopic (exact) mass is 352 g/mol. The second-order valence-corrected chi connectivity index (χ2v) is 5.66. The lowest BCUT2D eigenvalue weighted by Gasteiger charge is -2.25. The first-order chi connectivity index (χ1) is 9.73. The second kappa shape index (κ2) is 5.86. The molecule has 20 heavy (non-hydrogen) atoms. The molecule has 1 aliphatic heterocycles. The lowest BCUT2D eigenvalue weighted by Crippen LogP contribution is -2.28. The van der Waals surface area contributed by atoms with Crippen LogP contribution in [-0.2, 0) is 15.3 Å². The van der Waals surface area contributed by atoms with Gasteiger partial charge in [-0.05, 0) is 23.3 Å². The molecule has 1 heterocycles. The Morgan fingerprint density at radius 1 is 0.900 bits per heavy atom. The van der Waals surface area contributed by atoms with Crippen LogP contribution in [0.2, 0.25) is 5.02 Å². The highest BCUT2D eigenvalue weighted by atomic mass is 79.9. The van der Waals surface area contributed by atoms with E-state index < -0.39 is 5.79 Å². The number of hydrogen-bond donors (Lipinski definition) is 0. The van der Waals surface area contributed by atoms with E-state index in [1.807, 2.05) is 24.3 Å². The Balaban J connectivity index is 1.89. The fourth-order valence-electron chi connectivity index (χ4n) is 2.33. The number of alkyl halides is 1. The molecule has 0 aliphatic carbocycles. The lowest BCUT2D eigenvalue weighted by atomic mass is 10.0. The smallest absolute Gasteiger partial charge is 0.204 e. The van der Waals surface area contributed by atoms with Crippen LogP contribution < -0.4 is 0 Å². The summed E-state index contributed by atoms with van der Waals surface area (Å²) in [5.41, 5.74) is 3.32.